The quantitative estimate of drug-likeness (QED) is 0.484. The molecule has 15 heavy (non-hydrogen) atoms. The summed E-state index contributed by atoms with van der Waals surface area (Å²) >= 11 is 1.73. The molecule has 4 heteroatoms. The van der Waals surface area contributed by atoms with Crippen molar-refractivity contribution in [1.82, 2.24) is 0 Å². The monoisotopic (exact) mass is 218 g/mol. The predicted octanol–water partition coefficient (Wildman–Crippen LogP) is -0.105. The molecular formula is C11H15LiO2S. The molecule has 0 aromatic carbocycles. The standard InChI is InChI=1S/C11H15O2S.Li/c1-11(2,3)9-6-8(7-14-9)10-12-4-5-13-10;/h7,10H,4-5H2,1-3H3;/q-1;+1. The normalized spacial score (nSPS) is 17.8. The fraction of sp³-hybridized carbons (Fsp3) is 0.636. The Morgan fingerprint density at radius 3 is 2.40 bits per heavy atom. The molecule has 0 spiro atoms. The van der Waals surface area contributed by atoms with Gasteiger partial charge >= 0.3 is 18.9 Å². The third-order valence-corrected chi connectivity index (χ3v) is 3.44. The molecule has 0 saturated carbocycles. The van der Waals surface area contributed by atoms with Crippen molar-refractivity contribution in [1.29, 1.82) is 0 Å². The molecule has 2 rings (SSSR count). The Balaban J connectivity index is 0.00000112. The molecule has 2 heterocycles. The van der Waals surface area contributed by atoms with E-state index in [0.29, 0.717) is 13.2 Å². The molecule has 1 aromatic heterocycles. The van der Waals surface area contributed by atoms with Gasteiger partial charge in [0.2, 0.25) is 0 Å². The summed E-state index contributed by atoms with van der Waals surface area (Å²) in [7, 11) is 0. The van der Waals surface area contributed by atoms with Crippen LogP contribution in [0.2, 0.25) is 0 Å². The number of ether oxygens (including phenoxy) is 2. The molecule has 1 aromatic rings. The molecule has 0 bridgehead atoms. The maximum atomic E-state index is 5.42. The van der Waals surface area contributed by atoms with Gasteiger partial charge in [-0.2, -0.15) is 10.9 Å². The van der Waals surface area contributed by atoms with E-state index in [2.05, 4.69) is 32.2 Å². The van der Waals surface area contributed by atoms with Crippen LogP contribution in [-0.4, -0.2) is 13.2 Å². The zero-order valence-electron chi connectivity index (χ0n) is 9.79. The van der Waals surface area contributed by atoms with Crippen molar-refractivity contribution in [2.24, 2.45) is 0 Å². The van der Waals surface area contributed by atoms with Crippen molar-refractivity contribution in [3.05, 3.63) is 21.9 Å². The molecule has 1 saturated heterocycles. The zero-order valence-corrected chi connectivity index (χ0v) is 10.6. The van der Waals surface area contributed by atoms with Crippen molar-refractivity contribution in [3.63, 3.8) is 0 Å². The third-order valence-electron chi connectivity index (χ3n) is 2.12. The second kappa shape index (κ2) is 5.03. The molecule has 0 aliphatic carbocycles. The van der Waals surface area contributed by atoms with Gasteiger partial charge in [0.05, 0.1) is 13.2 Å². The van der Waals surface area contributed by atoms with E-state index in [0.717, 1.165) is 5.56 Å². The van der Waals surface area contributed by atoms with Gasteiger partial charge in [-0.15, -0.1) is 0 Å². The van der Waals surface area contributed by atoms with Gasteiger partial charge in [-0.3, -0.25) is 11.3 Å². The minimum Gasteiger partial charge on any atom is -0.349 e. The summed E-state index contributed by atoms with van der Waals surface area (Å²) in [6.07, 6.45) is -0.178. The summed E-state index contributed by atoms with van der Waals surface area (Å²) in [6.45, 7) is 7.96. The van der Waals surface area contributed by atoms with Gasteiger partial charge < -0.3 is 9.47 Å². The summed E-state index contributed by atoms with van der Waals surface area (Å²) in [4.78, 5) is 1.26. The minimum absolute atomic E-state index is 0. The zero-order chi connectivity index (χ0) is 10.2. The minimum atomic E-state index is -0.178. The van der Waals surface area contributed by atoms with E-state index < -0.39 is 0 Å². The van der Waals surface area contributed by atoms with Crippen molar-refractivity contribution < 1.29 is 28.3 Å². The van der Waals surface area contributed by atoms with Gasteiger partial charge in [0.15, 0.2) is 6.29 Å². The van der Waals surface area contributed by atoms with Crippen LogP contribution < -0.4 is 18.9 Å². The van der Waals surface area contributed by atoms with E-state index in [1.165, 1.54) is 4.88 Å². The van der Waals surface area contributed by atoms with Crippen LogP contribution in [0.1, 0.15) is 37.5 Å². The van der Waals surface area contributed by atoms with E-state index in [9.17, 15) is 0 Å². The smallest absolute Gasteiger partial charge is 0.349 e. The topological polar surface area (TPSA) is 18.5 Å². The Hall–Kier alpha value is 0.217. The molecule has 0 unspecified atom stereocenters. The summed E-state index contributed by atoms with van der Waals surface area (Å²) < 4.78 is 10.8. The first kappa shape index (κ1) is 13.3. The number of hydrogen-bond donors (Lipinski definition) is 0. The first-order chi connectivity index (χ1) is 6.57. The van der Waals surface area contributed by atoms with Crippen LogP contribution in [0, 0.1) is 6.07 Å². The molecule has 1 aliphatic heterocycles. The molecule has 1 aliphatic rings. The van der Waals surface area contributed by atoms with Crippen LogP contribution in [0.5, 0.6) is 0 Å². The first-order valence-corrected chi connectivity index (χ1v) is 5.70. The van der Waals surface area contributed by atoms with E-state index in [1.54, 1.807) is 11.3 Å². The van der Waals surface area contributed by atoms with Gasteiger partial charge in [-0.1, -0.05) is 25.6 Å². The average molecular weight is 218 g/mol. The Bertz CT molecular complexity index is 311. The SMILES string of the molecule is CC(C)(C)c1[c-]c(C2OCCO2)cs1.[Li+]. The van der Waals surface area contributed by atoms with Crippen molar-refractivity contribution >= 4 is 11.3 Å². The van der Waals surface area contributed by atoms with Crippen LogP contribution in [0.3, 0.4) is 0 Å². The molecule has 0 N–H and O–H groups in total. The van der Waals surface area contributed by atoms with Crippen molar-refractivity contribution in [2.75, 3.05) is 13.2 Å². The van der Waals surface area contributed by atoms with Gasteiger partial charge in [0, 0.05) is 0 Å². The second-order valence-corrected chi connectivity index (χ2v) is 5.35. The molecule has 1 fully saturated rings. The predicted molar refractivity (Wildman–Crippen MR) is 56.5 cm³/mol. The van der Waals surface area contributed by atoms with Crippen LogP contribution in [0.15, 0.2) is 5.38 Å². The van der Waals surface area contributed by atoms with Gasteiger partial charge in [0.1, 0.15) is 0 Å². The molecule has 78 valence electrons. The largest absolute Gasteiger partial charge is 1.00 e. The summed E-state index contributed by atoms with van der Waals surface area (Å²) in [5.74, 6) is 0. The summed E-state index contributed by atoms with van der Waals surface area (Å²) in [6, 6.07) is 3.36. The maximum Gasteiger partial charge on any atom is 1.00 e. The molecule has 0 radical (unpaired) electrons. The Labute approximate surface area is 107 Å². The molecule has 0 amide bonds. The van der Waals surface area contributed by atoms with Crippen molar-refractivity contribution in [2.45, 2.75) is 32.5 Å². The van der Waals surface area contributed by atoms with Crippen molar-refractivity contribution in [3.8, 4) is 0 Å². The molecule has 2 nitrogen and oxygen atoms in total. The van der Waals surface area contributed by atoms with Gasteiger partial charge in [-0.05, 0) is 5.41 Å². The van der Waals surface area contributed by atoms with Gasteiger partial charge in [-0.25, -0.2) is 6.07 Å². The second-order valence-electron chi connectivity index (χ2n) is 4.47. The van der Waals surface area contributed by atoms with E-state index in [-0.39, 0.29) is 30.6 Å². The van der Waals surface area contributed by atoms with E-state index in [4.69, 9.17) is 9.47 Å². The fourth-order valence-corrected chi connectivity index (χ4v) is 2.27. The van der Waals surface area contributed by atoms with Gasteiger partial charge in [0.25, 0.3) is 0 Å². The van der Waals surface area contributed by atoms with Crippen LogP contribution >= 0.6 is 11.3 Å². The Morgan fingerprint density at radius 2 is 1.93 bits per heavy atom. The summed E-state index contributed by atoms with van der Waals surface area (Å²) in [5.41, 5.74) is 1.21. The number of thiophene rings is 1. The number of rotatable bonds is 1. The van der Waals surface area contributed by atoms with E-state index in [1.807, 2.05) is 0 Å². The number of hydrogen-bond acceptors (Lipinski definition) is 3. The van der Waals surface area contributed by atoms with Crippen LogP contribution in [0.4, 0.5) is 0 Å². The van der Waals surface area contributed by atoms with Crippen LogP contribution in [0.25, 0.3) is 0 Å². The summed E-state index contributed by atoms with van der Waals surface area (Å²) in [5, 5.41) is 2.08. The van der Waals surface area contributed by atoms with E-state index >= 15 is 0 Å². The van der Waals surface area contributed by atoms with Crippen LogP contribution in [-0.2, 0) is 14.9 Å². The Morgan fingerprint density at radius 1 is 1.33 bits per heavy atom. The maximum absolute atomic E-state index is 5.42. The first-order valence-electron chi connectivity index (χ1n) is 4.82. The Kier molecular flexibility index (Phi) is 4.46. The molecule has 0 atom stereocenters. The average Bonchev–Trinajstić information content (AvgIpc) is 2.73. The molecular weight excluding hydrogens is 203 g/mol. The third kappa shape index (κ3) is 3.09. The fourth-order valence-electron chi connectivity index (χ4n) is 1.33.